The van der Waals surface area contributed by atoms with Crippen molar-refractivity contribution in [1.82, 2.24) is 5.43 Å². The van der Waals surface area contributed by atoms with Crippen LogP contribution in [-0.2, 0) is 0 Å². The number of nitrogens with zero attached hydrogens (tertiary/aromatic N) is 1. The average Bonchev–Trinajstić information content (AvgIpc) is 2.33. The van der Waals surface area contributed by atoms with Crippen molar-refractivity contribution >= 4 is 11.4 Å². The Morgan fingerprint density at radius 1 is 1.64 bits per heavy atom. The molecule has 0 spiro atoms. The lowest BCUT2D eigenvalue weighted by Crippen LogP contribution is -2.22. The third-order valence-electron chi connectivity index (χ3n) is 1.90. The number of nitrogens with one attached hydrogen (secondary N) is 2. The second-order valence-electron chi connectivity index (χ2n) is 2.72. The SMILES string of the molecule is CC1=NN[C@@H]2C=CC(=N)C=C12. The minimum atomic E-state index is 0.212. The third kappa shape index (κ3) is 0.888. The first-order valence-electron chi connectivity index (χ1n) is 3.56. The Labute approximate surface area is 65.0 Å². The average molecular weight is 147 g/mol. The summed E-state index contributed by atoms with van der Waals surface area (Å²) in [5, 5.41) is 11.4. The van der Waals surface area contributed by atoms with Crippen LogP contribution in [0.1, 0.15) is 6.92 Å². The third-order valence-corrected chi connectivity index (χ3v) is 1.90. The zero-order valence-electron chi connectivity index (χ0n) is 6.26. The summed E-state index contributed by atoms with van der Waals surface area (Å²) in [6.45, 7) is 1.95. The van der Waals surface area contributed by atoms with Crippen LogP contribution in [-0.4, -0.2) is 17.5 Å². The molecule has 3 heteroatoms. The summed E-state index contributed by atoms with van der Waals surface area (Å²) in [5.74, 6) is 0. The van der Waals surface area contributed by atoms with Gasteiger partial charge in [-0.15, -0.1) is 0 Å². The van der Waals surface area contributed by atoms with Crippen LogP contribution in [0.4, 0.5) is 0 Å². The van der Waals surface area contributed by atoms with Gasteiger partial charge >= 0.3 is 0 Å². The van der Waals surface area contributed by atoms with Crippen LogP contribution in [0.15, 0.2) is 28.9 Å². The molecule has 0 amide bonds. The summed E-state index contributed by atoms with van der Waals surface area (Å²) >= 11 is 0. The van der Waals surface area contributed by atoms with E-state index >= 15 is 0 Å². The minimum Gasteiger partial charge on any atom is -0.301 e. The summed E-state index contributed by atoms with van der Waals surface area (Å²) in [4.78, 5) is 0. The molecule has 1 heterocycles. The normalized spacial score (nSPS) is 27.4. The smallest absolute Gasteiger partial charge is 0.0893 e. The molecule has 0 fully saturated rings. The summed E-state index contributed by atoms with van der Waals surface area (Å²) in [6.07, 6.45) is 5.59. The van der Waals surface area contributed by atoms with Crippen LogP contribution in [0.25, 0.3) is 0 Å². The second kappa shape index (κ2) is 2.05. The maximum absolute atomic E-state index is 7.38. The predicted molar refractivity (Wildman–Crippen MR) is 45.0 cm³/mol. The van der Waals surface area contributed by atoms with E-state index in [4.69, 9.17) is 5.41 Å². The van der Waals surface area contributed by atoms with E-state index in [1.54, 1.807) is 6.08 Å². The zero-order chi connectivity index (χ0) is 7.84. The molecule has 2 aliphatic rings. The van der Waals surface area contributed by atoms with Gasteiger partial charge in [0.05, 0.1) is 17.5 Å². The van der Waals surface area contributed by atoms with Gasteiger partial charge in [0.15, 0.2) is 0 Å². The lowest BCUT2D eigenvalue weighted by atomic mass is 9.98. The van der Waals surface area contributed by atoms with Gasteiger partial charge in [-0.2, -0.15) is 5.10 Å². The first kappa shape index (κ1) is 6.34. The Bertz CT molecular complexity index is 296. The molecule has 0 saturated carbocycles. The molecule has 0 aromatic heterocycles. The van der Waals surface area contributed by atoms with E-state index in [1.807, 2.05) is 19.1 Å². The van der Waals surface area contributed by atoms with Gasteiger partial charge in [-0.3, -0.25) is 5.43 Å². The molecule has 1 atom stereocenters. The van der Waals surface area contributed by atoms with Gasteiger partial charge in [-0.25, -0.2) is 0 Å². The molecular weight excluding hydrogens is 138 g/mol. The molecule has 0 aromatic rings. The molecule has 0 bridgehead atoms. The Morgan fingerprint density at radius 3 is 3.27 bits per heavy atom. The van der Waals surface area contributed by atoms with Gasteiger partial charge in [0.2, 0.25) is 0 Å². The Morgan fingerprint density at radius 2 is 2.45 bits per heavy atom. The second-order valence-corrected chi connectivity index (χ2v) is 2.72. The lowest BCUT2D eigenvalue weighted by molar-refractivity contribution is 0.745. The van der Waals surface area contributed by atoms with E-state index in [2.05, 4.69) is 10.5 Å². The van der Waals surface area contributed by atoms with Crippen LogP contribution in [0, 0.1) is 5.41 Å². The number of hydrogen-bond donors (Lipinski definition) is 2. The summed E-state index contributed by atoms with van der Waals surface area (Å²) in [5.41, 5.74) is 5.63. The van der Waals surface area contributed by atoms with Crippen molar-refractivity contribution in [2.24, 2.45) is 5.10 Å². The predicted octanol–water partition coefficient (Wildman–Crippen LogP) is 0.850. The highest BCUT2D eigenvalue weighted by molar-refractivity contribution is 6.12. The molecule has 56 valence electrons. The van der Waals surface area contributed by atoms with Crippen molar-refractivity contribution in [1.29, 1.82) is 5.41 Å². The van der Waals surface area contributed by atoms with Crippen molar-refractivity contribution in [2.75, 3.05) is 0 Å². The first-order valence-corrected chi connectivity index (χ1v) is 3.56. The number of hydrogen-bond acceptors (Lipinski definition) is 3. The largest absolute Gasteiger partial charge is 0.301 e. The van der Waals surface area contributed by atoms with Crippen molar-refractivity contribution in [3.63, 3.8) is 0 Å². The molecule has 3 nitrogen and oxygen atoms in total. The van der Waals surface area contributed by atoms with Gasteiger partial charge in [0.25, 0.3) is 0 Å². The fourth-order valence-corrected chi connectivity index (χ4v) is 1.28. The zero-order valence-corrected chi connectivity index (χ0v) is 6.26. The summed E-state index contributed by atoms with van der Waals surface area (Å²) in [6, 6.07) is 0.212. The number of hydrazone groups is 1. The monoisotopic (exact) mass is 147 g/mol. The molecule has 2 N–H and O–H groups in total. The maximum Gasteiger partial charge on any atom is 0.0893 e. The molecule has 11 heavy (non-hydrogen) atoms. The lowest BCUT2D eigenvalue weighted by Gasteiger charge is -2.10. The van der Waals surface area contributed by atoms with Gasteiger partial charge in [-0.05, 0) is 19.1 Å². The van der Waals surface area contributed by atoms with Crippen LogP contribution in [0.3, 0.4) is 0 Å². The molecule has 0 aromatic carbocycles. The molecule has 0 unspecified atom stereocenters. The highest BCUT2D eigenvalue weighted by Crippen LogP contribution is 2.16. The Kier molecular flexibility index (Phi) is 1.18. The van der Waals surface area contributed by atoms with Crippen LogP contribution < -0.4 is 5.43 Å². The quantitative estimate of drug-likeness (QED) is 0.524. The van der Waals surface area contributed by atoms with Gasteiger partial charge in [-0.1, -0.05) is 6.08 Å². The summed E-state index contributed by atoms with van der Waals surface area (Å²) < 4.78 is 0. The summed E-state index contributed by atoms with van der Waals surface area (Å²) in [7, 11) is 0. The number of rotatable bonds is 0. The van der Waals surface area contributed by atoms with Crippen molar-refractivity contribution in [3.8, 4) is 0 Å². The van der Waals surface area contributed by atoms with E-state index < -0.39 is 0 Å². The van der Waals surface area contributed by atoms with Crippen LogP contribution in [0.5, 0.6) is 0 Å². The highest BCUT2D eigenvalue weighted by Gasteiger charge is 2.21. The van der Waals surface area contributed by atoms with E-state index in [0.29, 0.717) is 5.71 Å². The minimum absolute atomic E-state index is 0.212. The van der Waals surface area contributed by atoms with Gasteiger partial charge < -0.3 is 5.41 Å². The molecular formula is C8H9N3. The molecule has 0 saturated heterocycles. The molecule has 2 rings (SSSR count). The molecule has 1 aliphatic carbocycles. The first-order chi connectivity index (χ1) is 5.27. The standard InChI is InChI=1S/C8H9N3/c1-5-7-4-6(9)2-3-8(7)11-10-5/h2-4,8-9,11H,1H3/t8-/m1/s1. The van der Waals surface area contributed by atoms with E-state index in [9.17, 15) is 0 Å². The van der Waals surface area contributed by atoms with E-state index in [1.165, 1.54) is 0 Å². The van der Waals surface area contributed by atoms with E-state index in [0.717, 1.165) is 11.3 Å². The maximum atomic E-state index is 7.38. The number of fused-ring (bicyclic) bond motifs is 1. The van der Waals surface area contributed by atoms with Crippen molar-refractivity contribution in [3.05, 3.63) is 23.8 Å². The fraction of sp³-hybridized carbons (Fsp3) is 0.250. The van der Waals surface area contributed by atoms with Crippen LogP contribution in [0.2, 0.25) is 0 Å². The van der Waals surface area contributed by atoms with E-state index in [-0.39, 0.29) is 6.04 Å². The molecule has 1 aliphatic heterocycles. The van der Waals surface area contributed by atoms with Gasteiger partial charge in [0, 0.05) is 5.57 Å². The molecule has 0 radical (unpaired) electrons. The topological polar surface area (TPSA) is 48.2 Å². The Balaban J connectivity index is 2.39. The van der Waals surface area contributed by atoms with Crippen molar-refractivity contribution < 1.29 is 0 Å². The van der Waals surface area contributed by atoms with Crippen molar-refractivity contribution in [2.45, 2.75) is 13.0 Å². The van der Waals surface area contributed by atoms with Crippen LogP contribution >= 0.6 is 0 Å². The van der Waals surface area contributed by atoms with Gasteiger partial charge in [0.1, 0.15) is 0 Å². The number of allylic oxidation sites excluding steroid dienone is 2. The fourth-order valence-electron chi connectivity index (χ4n) is 1.28. The Hall–Kier alpha value is -1.38. The highest BCUT2D eigenvalue weighted by atomic mass is 15.3.